The fourth-order valence-corrected chi connectivity index (χ4v) is 2.46. The zero-order valence-electron chi connectivity index (χ0n) is 10.5. The van der Waals surface area contributed by atoms with Gasteiger partial charge in [0.15, 0.2) is 0 Å². The molecular formula is C12H17N5S. The molecule has 2 aromatic heterocycles. The summed E-state index contributed by atoms with van der Waals surface area (Å²) in [5.74, 6) is 5.97. The number of aryl methyl sites for hydroxylation is 1. The molecule has 5 nitrogen and oxygen atoms in total. The van der Waals surface area contributed by atoms with E-state index in [0.717, 1.165) is 17.1 Å². The fraction of sp³-hybridized carbons (Fsp3) is 0.333. The van der Waals surface area contributed by atoms with Crippen LogP contribution in [0.4, 0.5) is 11.5 Å². The number of nitrogen functional groups attached to an aromatic ring is 1. The SMILES string of the molecule is CCc1cnc(C(C)Nc2ccnc(NN)c2)s1. The minimum absolute atomic E-state index is 0.170. The number of rotatable bonds is 5. The third kappa shape index (κ3) is 2.96. The Balaban J connectivity index is 2.08. The van der Waals surface area contributed by atoms with E-state index >= 15 is 0 Å². The molecule has 0 spiro atoms. The molecule has 96 valence electrons. The lowest BCUT2D eigenvalue weighted by atomic mass is 10.3. The van der Waals surface area contributed by atoms with Gasteiger partial charge in [-0.3, -0.25) is 0 Å². The number of anilines is 2. The lowest BCUT2D eigenvalue weighted by Crippen LogP contribution is -2.10. The van der Waals surface area contributed by atoms with E-state index in [2.05, 4.69) is 34.6 Å². The van der Waals surface area contributed by atoms with E-state index in [1.165, 1.54) is 4.88 Å². The lowest BCUT2D eigenvalue weighted by molar-refractivity contribution is 0.869. The molecule has 2 rings (SSSR count). The van der Waals surface area contributed by atoms with E-state index in [4.69, 9.17) is 5.84 Å². The van der Waals surface area contributed by atoms with Gasteiger partial charge >= 0.3 is 0 Å². The fourth-order valence-electron chi connectivity index (χ4n) is 1.60. The van der Waals surface area contributed by atoms with Crippen LogP contribution in [0.3, 0.4) is 0 Å². The molecule has 2 aromatic rings. The first-order chi connectivity index (χ1) is 8.72. The largest absolute Gasteiger partial charge is 0.376 e. The van der Waals surface area contributed by atoms with Crippen molar-refractivity contribution in [1.29, 1.82) is 0 Å². The highest BCUT2D eigenvalue weighted by atomic mass is 32.1. The molecule has 1 unspecified atom stereocenters. The average Bonchev–Trinajstić information content (AvgIpc) is 2.88. The van der Waals surface area contributed by atoms with Crippen LogP contribution in [0.2, 0.25) is 0 Å². The van der Waals surface area contributed by atoms with Crippen LogP contribution in [0.15, 0.2) is 24.5 Å². The van der Waals surface area contributed by atoms with E-state index in [9.17, 15) is 0 Å². The Morgan fingerprint density at radius 3 is 2.94 bits per heavy atom. The summed E-state index contributed by atoms with van der Waals surface area (Å²) in [4.78, 5) is 9.80. The quantitative estimate of drug-likeness (QED) is 0.571. The van der Waals surface area contributed by atoms with Crippen molar-refractivity contribution < 1.29 is 0 Å². The number of nitrogens with zero attached hydrogens (tertiary/aromatic N) is 2. The first kappa shape index (κ1) is 12.8. The average molecular weight is 263 g/mol. The molecule has 4 N–H and O–H groups in total. The van der Waals surface area contributed by atoms with Gasteiger partial charge in [0.05, 0.1) is 6.04 Å². The van der Waals surface area contributed by atoms with Crippen LogP contribution < -0.4 is 16.6 Å². The lowest BCUT2D eigenvalue weighted by Gasteiger charge is -2.13. The second kappa shape index (κ2) is 5.79. The Hall–Kier alpha value is -1.66. The van der Waals surface area contributed by atoms with Crippen LogP contribution in [0.5, 0.6) is 0 Å². The van der Waals surface area contributed by atoms with Crippen molar-refractivity contribution in [3.63, 3.8) is 0 Å². The van der Waals surface area contributed by atoms with Crippen LogP contribution >= 0.6 is 11.3 Å². The molecule has 0 aliphatic carbocycles. The summed E-state index contributed by atoms with van der Waals surface area (Å²) in [5.41, 5.74) is 3.50. The van der Waals surface area contributed by atoms with Gasteiger partial charge in [-0.05, 0) is 19.4 Å². The standard InChI is InChI=1S/C12H17N5S/c1-3-10-7-15-12(18-10)8(2)16-9-4-5-14-11(6-9)17-13/h4-8H,3,13H2,1-2H3,(H2,14,16,17). The number of pyridine rings is 1. The highest BCUT2D eigenvalue weighted by Gasteiger charge is 2.10. The van der Waals surface area contributed by atoms with Crippen LogP contribution in [-0.4, -0.2) is 9.97 Å². The second-order valence-electron chi connectivity index (χ2n) is 3.96. The third-order valence-electron chi connectivity index (χ3n) is 2.58. The van der Waals surface area contributed by atoms with E-state index in [0.29, 0.717) is 5.82 Å². The molecule has 0 fully saturated rings. The first-order valence-electron chi connectivity index (χ1n) is 5.86. The Morgan fingerprint density at radius 1 is 1.44 bits per heavy atom. The molecule has 0 saturated heterocycles. The molecule has 0 aromatic carbocycles. The molecule has 0 radical (unpaired) electrons. The molecule has 0 saturated carbocycles. The zero-order valence-corrected chi connectivity index (χ0v) is 11.3. The Morgan fingerprint density at radius 2 is 2.28 bits per heavy atom. The number of hydrogen-bond donors (Lipinski definition) is 3. The zero-order chi connectivity index (χ0) is 13.0. The smallest absolute Gasteiger partial charge is 0.141 e. The first-order valence-corrected chi connectivity index (χ1v) is 6.68. The van der Waals surface area contributed by atoms with E-state index in [1.807, 2.05) is 18.3 Å². The van der Waals surface area contributed by atoms with Gasteiger partial charge < -0.3 is 10.7 Å². The maximum atomic E-state index is 5.33. The summed E-state index contributed by atoms with van der Waals surface area (Å²) in [6.07, 6.45) is 4.68. The summed E-state index contributed by atoms with van der Waals surface area (Å²) in [7, 11) is 0. The van der Waals surface area contributed by atoms with Crippen molar-refractivity contribution >= 4 is 22.8 Å². The van der Waals surface area contributed by atoms with Crippen molar-refractivity contribution in [1.82, 2.24) is 9.97 Å². The van der Waals surface area contributed by atoms with Gasteiger partial charge in [-0.1, -0.05) is 6.92 Å². The highest BCUT2D eigenvalue weighted by Crippen LogP contribution is 2.24. The van der Waals surface area contributed by atoms with Gasteiger partial charge in [-0.2, -0.15) is 0 Å². The number of nitrogens with one attached hydrogen (secondary N) is 2. The predicted octanol–water partition coefficient (Wildman–Crippen LogP) is 2.56. The summed E-state index contributed by atoms with van der Waals surface area (Å²) in [6, 6.07) is 3.94. The minimum atomic E-state index is 0.170. The number of hydrazine groups is 1. The second-order valence-corrected chi connectivity index (χ2v) is 5.11. The summed E-state index contributed by atoms with van der Waals surface area (Å²) >= 11 is 1.74. The van der Waals surface area contributed by atoms with E-state index in [1.54, 1.807) is 17.5 Å². The van der Waals surface area contributed by atoms with Crippen molar-refractivity contribution in [2.24, 2.45) is 5.84 Å². The number of hydrogen-bond acceptors (Lipinski definition) is 6. The number of aromatic nitrogens is 2. The minimum Gasteiger partial charge on any atom is -0.376 e. The van der Waals surface area contributed by atoms with Gasteiger partial charge in [0.25, 0.3) is 0 Å². The maximum absolute atomic E-state index is 5.33. The van der Waals surface area contributed by atoms with Gasteiger partial charge in [0, 0.05) is 29.0 Å². The molecule has 6 heteroatoms. The van der Waals surface area contributed by atoms with Gasteiger partial charge in [-0.15, -0.1) is 11.3 Å². The van der Waals surface area contributed by atoms with Crippen molar-refractivity contribution in [2.75, 3.05) is 10.7 Å². The van der Waals surface area contributed by atoms with Crippen LogP contribution in [-0.2, 0) is 6.42 Å². The summed E-state index contributed by atoms with van der Waals surface area (Å²) in [5, 5.41) is 4.47. The van der Waals surface area contributed by atoms with Crippen molar-refractivity contribution in [2.45, 2.75) is 26.3 Å². The number of thiazole rings is 1. The van der Waals surface area contributed by atoms with Crippen LogP contribution in [0, 0.1) is 0 Å². The van der Waals surface area contributed by atoms with Crippen molar-refractivity contribution in [3.05, 3.63) is 34.4 Å². The summed E-state index contributed by atoms with van der Waals surface area (Å²) in [6.45, 7) is 4.23. The molecular weight excluding hydrogens is 246 g/mol. The molecule has 0 aliphatic heterocycles. The summed E-state index contributed by atoms with van der Waals surface area (Å²) < 4.78 is 0. The third-order valence-corrected chi connectivity index (χ3v) is 3.91. The Labute approximate surface area is 110 Å². The Bertz CT molecular complexity index is 511. The van der Waals surface area contributed by atoms with Crippen LogP contribution in [0.25, 0.3) is 0 Å². The van der Waals surface area contributed by atoms with Crippen LogP contribution in [0.1, 0.15) is 29.8 Å². The van der Waals surface area contributed by atoms with Crippen molar-refractivity contribution in [3.8, 4) is 0 Å². The molecule has 18 heavy (non-hydrogen) atoms. The van der Waals surface area contributed by atoms with E-state index in [-0.39, 0.29) is 6.04 Å². The van der Waals surface area contributed by atoms with Gasteiger partial charge in [0.1, 0.15) is 10.8 Å². The molecule has 2 heterocycles. The number of nitrogens with two attached hydrogens (primary N) is 1. The molecule has 0 amide bonds. The monoisotopic (exact) mass is 263 g/mol. The molecule has 1 atom stereocenters. The van der Waals surface area contributed by atoms with Gasteiger partial charge in [0.2, 0.25) is 0 Å². The normalized spacial score (nSPS) is 12.2. The molecule has 0 aliphatic rings. The molecule has 0 bridgehead atoms. The van der Waals surface area contributed by atoms with Gasteiger partial charge in [-0.25, -0.2) is 15.8 Å². The Kier molecular flexibility index (Phi) is 4.11. The highest BCUT2D eigenvalue weighted by molar-refractivity contribution is 7.11. The predicted molar refractivity (Wildman–Crippen MR) is 75.6 cm³/mol. The maximum Gasteiger partial charge on any atom is 0.141 e. The van der Waals surface area contributed by atoms with E-state index < -0.39 is 0 Å². The topological polar surface area (TPSA) is 75.9 Å².